The summed E-state index contributed by atoms with van der Waals surface area (Å²) in [5, 5.41) is 0. The van der Waals surface area contributed by atoms with Gasteiger partial charge in [-0.1, -0.05) is 91.3 Å². The third-order valence-electron chi connectivity index (χ3n) is 3.09. The molecular formula is C16H37MoO2PS2. The normalized spacial score (nSPS) is 12.8. The molecule has 22 heavy (non-hydrogen) atoms. The molecule has 0 amide bonds. The summed E-state index contributed by atoms with van der Waals surface area (Å²) in [6.45, 7) is 16.8. The second-order valence-corrected chi connectivity index (χ2v) is 10.4. The van der Waals surface area contributed by atoms with Crippen LogP contribution in [0, 0.1) is 25.7 Å². The molecular weight excluding hydrogens is 415 g/mol. The molecule has 2 N–H and O–H groups in total. The molecule has 136 valence electrons. The zero-order valence-electron chi connectivity index (χ0n) is 14.8. The molecule has 6 heteroatoms. The Hall–Kier alpha value is 1.61. The predicted molar refractivity (Wildman–Crippen MR) is 105 cm³/mol. The molecule has 0 aromatic rings. The van der Waals surface area contributed by atoms with E-state index in [2.05, 4.69) is 65.6 Å². The molecule has 2 nitrogen and oxygen atoms in total. The van der Waals surface area contributed by atoms with Crippen molar-refractivity contribution in [2.45, 2.75) is 79.1 Å². The summed E-state index contributed by atoms with van der Waals surface area (Å²) in [7, 11) is 0. The topological polar surface area (TPSA) is 40.5 Å². The first-order valence-electron chi connectivity index (χ1n) is 8.06. The van der Waals surface area contributed by atoms with Gasteiger partial charge in [0.2, 0.25) is 5.69 Å². The average Bonchev–Trinajstić information content (AvgIpc) is 2.40. The summed E-state index contributed by atoms with van der Waals surface area (Å²) in [4.78, 5) is 15.7. The number of thiol groups is 1. The molecule has 0 saturated carbocycles. The van der Waals surface area contributed by atoms with E-state index in [1.165, 1.54) is 51.4 Å². The Kier molecular flexibility index (Phi) is 32.3. The summed E-state index contributed by atoms with van der Waals surface area (Å²) < 4.78 is 0. The van der Waals surface area contributed by atoms with E-state index in [9.17, 15) is 0 Å². The molecule has 2 atom stereocenters. The van der Waals surface area contributed by atoms with E-state index in [0.29, 0.717) is 11.8 Å². The molecule has 0 saturated heterocycles. The van der Waals surface area contributed by atoms with Gasteiger partial charge in [0.15, 0.2) is 0 Å². The summed E-state index contributed by atoms with van der Waals surface area (Å²) in [6, 6.07) is 0. The first-order chi connectivity index (χ1) is 9.62. The largest absolute Gasteiger partial charge is 2.00 e. The van der Waals surface area contributed by atoms with Gasteiger partial charge in [0, 0.05) is 0 Å². The maximum atomic E-state index is 7.87. The summed E-state index contributed by atoms with van der Waals surface area (Å²) in [5.41, 5.74) is -3.11. The van der Waals surface area contributed by atoms with Gasteiger partial charge in [-0.3, -0.25) is 0 Å². The van der Waals surface area contributed by atoms with Gasteiger partial charge in [0.25, 0.3) is 0 Å². The van der Waals surface area contributed by atoms with Crippen LogP contribution in [0.1, 0.15) is 79.1 Å². The quantitative estimate of drug-likeness (QED) is 0.178. The van der Waals surface area contributed by atoms with Gasteiger partial charge in [-0.05, 0) is 11.8 Å². The fourth-order valence-electron chi connectivity index (χ4n) is 1.39. The van der Waals surface area contributed by atoms with E-state index >= 15 is 0 Å². The van der Waals surface area contributed by atoms with Gasteiger partial charge in [0.05, 0.1) is 0 Å². The standard InChI is InChI=1S/2C8H17.Mo.H3O2PS2/c2*1-4-6-7-8(3)5-2;;1-3(2,4)5/h2*8H,3-7H2,1-2H3;;(H3,1,2,4,5)/q2*-1;+2;. The van der Waals surface area contributed by atoms with E-state index < -0.39 is 5.69 Å². The molecule has 0 aliphatic heterocycles. The number of hydrogen-bond donors (Lipinski definition) is 3. The van der Waals surface area contributed by atoms with Crippen LogP contribution in [0.2, 0.25) is 0 Å². The molecule has 0 fully saturated rings. The van der Waals surface area contributed by atoms with Crippen LogP contribution in [0.3, 0.4) is 0 Å². The monoisotopic (exact) mass is 454 g/mol. The summed E-state index contributed by atoms with van der Waals surface area (Å²) >= 11 is 7.07. The number of rotatable bonds is 8. The van der Waals surface area contributed by atoms with Crippen LogP contribution >= 0.6 is 17.9 Å². The van der Waals surface area contributed by atoms with Gasteiger partial charge in [-0.15, -0.1) is 0 Å². The Morgan fingerprint density at radius 2 is 1.14 bits per heavy atom. The summed E-state index contributed by atoms with van der Waals surface area (Å²) in [5.74, 6) is 1.41. The molecule has 0 heterocycles. The minimum absolute atomic E-state index is 0. The van der Waals surface area contributed by atoms with Gasteiger partial charge in [-0.2, -0.15) is 11.8 Å². The molecule has 0 aliphatic carbocycles. The minimum Gasteiger partial charge on any atom is -0.340 e. The average molecular weight is 453 g/mol. The predicted octanol–water partition coefficient (Wildman–Crippen LogP) is 6.20. The van der Waals surface area contributed by atoms with Crippen LogP contribution in [-0.4, -0.2) is 9.79 Å². The van der Waals surface area contributed by atoms with Crippen LogP contribution in [0.4, 0.5) is 0 Å². The van der Waals surface area contributed by atoms with Crippen molar-refractivity contribution in [3.63, 3.8) is 0 Å². The first-order valence-corrected chi connectivity index (χ1v) is 11.9. The zero-order chi connectivity index (χ0) is 17.3. The number of hydrogen-bond acceptors (Lipinski definition) is 1. The molecule has 0 aromatic carbocycles. The molecule has 2 unspecified atom stereocenters. The van der Waals surface area contributed by atoms with E-state index in [1.54, 1.807) is 0 Å². The van der Waals surface area contributed by atoms with E-state index in [0.717, 1.165) is 0 Å². The SMILES string of the molecule is OP(O)(=S)S.[CH2-]C(CC)CCCC.[CH2-]C(CC)CCCC.[Mo+2]. The van der Waals surface area contributed by atoms with Crippen molar-refractivity contribution in [1.82, 2.24) is 0 Å². The van der Waals surface area contributed by atoms with Crippen LogP contribution in [-0.2, 0) is 32.9 Å². The van der Waals surface area contributed by atoms with E-state index in [-0.39, 0.29) is 21.1 Å². The van der Waals surface area contributed by atoms with Gasteiger partial charge >= 0.3 is 21.1 Å². The zero-order valence-corrected chi connectivity index (χ0v) is 19.4. The van der Waals surface area contributed by atoms with Crippen LogP contribution in [0.15, 0.2) is 0 Å². The number of unbranched alkanes of at least 4 members (excludes halogenated alkanes) is 2. The van der Waals surface area contributed by atoms with Crippen LogP contribution < -0.4 is 0 Å². The molecule has 0 rings (SSSR count). The Morgan fingerprint density at radius 3 is 1.27 bits per heavy atom. The fourth-order valence-corrected chi connectivity index (χ4v) is 1.39. The Labute approximate surface area is 164 Å². The van der Waals surface area contributed by atoms with Crippen molar-refractivity contribution in [3.8, 4) is 0 Å². The van der Waals surface area contributed by atoms with Crippen molar-refractivity contribution in [3.05, 3.63) is 13.8 Å². The second kappa shape index (κ2) is 22.6. The van der Waals surface area contributed by atoms with Crippen LogP contribution in [0.5, 0.6) is 0 Å². The second-order valence-electron chi connectivity index (χ2n) is 5.35. The smallest absolute Gasteiger partial charge is 0.340 e. The molecule has 0 aromatic heterocycles. The molecule has 0 spiro atoms. The molecule has 0 radical (unpaired) electrons. The van der Waals surface area contributed by atoms with Gasteiger partial charge in [-0.25, -0.2) is 0 Å². The Balaban J connectivity index is -0.000000111. The van der Waals surface area contributed by atoms with Gasteiger partial charge < -0.3 is 23.6 Å². The van der Waals surface area contributed by atoms with Crippen molar-refractivity contribution < 1.29 is 30.9 Å². The van der Waals surface area contributed by atoms with Crippen molar-refractivity contribution >= 4 is 29.7 Å². The first kappa shape index (κ1) is 31.4. The van der Waals surface area contributed by atoms with Crippen LogP contribution in [0.25, 0.3) is 0 Å². The molecule has 0 aliphatic rings. The van der Waals surface area contributed by atoms with Gasteiger partial charge in [0.1, 0.15) is 0 Å². The third-order valence-corrected chi connectivity index (χ3v) is 3.09. The maximum absolute atomic E-state index is 7.87. The Morgan fingerprint density at radius 1 is 0.909 bits per heavy atom. The summed E-state index contributed by atoms with van der Waals surface area (Å²) in [6.07, 6.45) is 10.4. The Bertz CT molecular complexity index is 216. The maximum Gasteiger partial charge on any atom is 2.00 e. The van der Waals surface area contributed by atoms with E-state index in [4.69, 9.17) is 9.79 Å². The van der Waals surface area contributed by atoms with E-state index in [1.807, 2.05) is 0 Å². The minimum atomic E-state index is -3.11. The fraction of sp³-hybridized carbons (Fsp3) is 0.875. The van der Waals surface area contributed by atoms with Crippen molar-refractivity contribution in [1.29, 1.82) is 0 Å². The van der Waals surface area contributed by atoms with Crippen molar-refractivity contribution in [2.24, 2.45) is 11.8 Å². The third kappa shape index (κ3) is 49.6. The van der Waals surface area contributed by atoms with Crippen molar-refractivity contribution in [2.75, 3.05) is 0 Å². The molecule has 0 bridgehead atoms.